The molecule has 2 saturated carbocycles. The molecule has 1 radical (unpaired) electrons. The van der Waals surface area contributed by atoms with Crippen molar-refractivity contribution in [2.24, 2.45) is 0 Å². The molecular formula is C33H25IrN2O4-. The smallest absolute Gasteiger partial charge is 0.147 e. The summed E-state index contributed by atoms with van der Waals surface area (Å²) in [6, 6.07) is 22.5. The standard InChI is InChI=1S/C33H25N2O4.Ir/c36-26-14-6-15-27(37)31(26)22-11-5-12-23(32-28(38)16-7-17-29(32)39)30(22)25-18-34-33-21-10-2-1-8-19(21)20-9-3-4-13-24(20)35(25)33;/h1-5,8-9,11-13,18,31-32H,6-7,14-17H2;/q-1;. The van der Waals surface area contributed by atoms with Gasteiger partial charge in [-0.3, -0.25) is 24.2 Å². The Labute approximate surface area is 244 Å². The van der Waals surface area contributed by atoms with Gasteiger partial charge in [0.15, 0.2) is 0 Å². The number of hydrogen-bond acceptors (Lipinski definition) is 5. The molecule has 40 heavy (non-hydrogen) atoms. The van der Waals surface area contributed by atoms with Crippen LogP contribution in [-0.4, -0.2) is 32.5 Å². The fraction of sp³-hybridized carbons (Fsp3) is 0.242. The number of Topliss-reactive ketones (excluding diaryl/α,β-unsaturated/α-hetero) is 4. The largest absolute Gasteiger partial charge is 0.333 e. The van der Waals surface area contributed by atoms with Crippen LogP contribution >= 0.6 is 0 Å². The molecule has 3 aromatic carbocycles. The number of hydrogen-bond donors (Lipinski definition) is 0. The van der Waals surface area contributed by atoms with Crippen molar-refractivity contribution in [1.29, 1.82) is 0 Å². The van der Waals surface area contributed by atoms with E-state index in [-0.39, 0.29) is 43.2 Å². The minimum absolute atomic E-state index is 0. The third kappa shape index (κ3) is 3.99. The second kappa shape index (κ2) is 10.3. The van der Waals surface area contributed by atoms with E-state index < -0.39 is 11.8 Å². The van der Waals surface area contributed by atoms with Gasteiger partial charge in [-0.2, -0.15) is 0 Å². The van der Waals surface area contributed by atoms with Gasteiger partial charge in [-0.25, -0.2) is 0 Å². The van der Waals surface area contributed by atoms with Crippen LogP contribution in [0.2, 0.25) is 0 Å². The summed E-state index contributed by atoms with van der Waals surface area (Å²) in [5, 5.41) is 2.86. The van der Waals surface area contributed by atoms with Gasteiger partial charge >= 0.3 is 0 Å². The summed E-state index contributed by atoms with van der Waals surface area (Å²) in [7, 11) is 0. The van der Waals surface area contributed by atoms with Crippen molar-refractivity contribution in [3.63, 3.8) is 0 Å². The van der Waals surface area contributed by atoms with Gasteiger partial charge in [0, 0.05) is 63.1 Å². The zero-order valence-electron chi connectivity index (χ0n) is 21.6. The van der Waals surface area contributed by atoms with Gasteiger partial charge in [0.1, 0.15) is 35.0 Å². The maximum absolute atomic E-state index is 13.2. The zero-order chi connectivity index (χ0) is 26.7. The summed E-state index contributed by atoms with van der Waals surface area (Å²) >= 11 is 0. The van der Waals surface area contributed by atoms with Crippen molar-refractivity contribution in [2.75, 3.05) is 0 Å². The van der Waals surface area contributed by atoms with Gasteiger partial charge in [-0.1, -0.05) is 41.8 Å². The molecule has 0 amide bonds. The monoisotopic (exact) mass is 706 g/mol. The van der Waals surface area contributed by atoms with Gasteiger partial charge in [-0.15, -0.1) is 29.7 Å². The van der Waals surface area contributed by atoms with Crippen molar-refractivity contribution in [1.82, 2.24) is 9.38 Å². The molecule has 2 aromatic heterocycles. The topological polar surface area (TPSA) is 85.6 Å². The Balaban J connectivity index is 0.00000289. The van der Waals surface area contributed by atoms with Crippen LogP contribution in [0.5, 0.6) is 0 Å². The van der Waals surface area contributed by atoms with Crippen LogP contribution in [0.25, 0.3) is 38.6 Å². The van der Waals surface area contributed by atoms with E-state index in [1.165, 1.54) is 0 Å². The first-order chi connectivity index (χ1) is 19.0. The molecule has 5 aromatic rings. The molecule has 2 heterocycles. The third-order valence-electron chi connectivity index (χ3n) is 8.26. The van der Waals surface area contributed by atoms with Crippen LogP contribution in [0.3, 0.4) is 0 Å². The number of nitrogens with zero attached hydrogens (tertiary/aromatic N) is 2. The van der Waals surface area contributed by atoms with Gasteiger partial charge in [0.25, 0.3) is 0 Å². The minimum atomic E-state index is -0.925. The number of fused-ring (bicyclic) bond motifs is 6. The average Bonchev–Trinajstić information content (AvgIpc) is 3.39. The van der Waals surface area contributed by atoms with Gasteiger partial charge in [0.05, 0.1) is 11.3 Å². The molecule has 201 valence electrons. The van der Waals surface area contributed by atoms with Crippen LogP contribution in [-0.2, 0) is 39.3 Å². The summed E-state index contributed by atoms with van der Waals surface area (Å²) in [5.74, 6) is -2.34. The molecule has 0 unspecified atom stereocenters. The summed E-state index contributed by atoms with van der Waals surface area (Å²) in [6.07, 6.45) is 4.15. The van der Waals surface area contributed by atoms with Crippen molar-refractivity contribution >= 4 is 50.5 Å². The fourth-order valence-corrected chi connectivity index (χ4v) is 6.56. The molecule has 6 nitrogen and oxygen atoms in total. The van der Waals surface area contributed by atoms with E-state index in [2.05, 4.69) is 6.07 Å². The normalized spacial score (nSPS) is 17.2. The third-order valence-corrected chi connectivity index (χ3v) is 8.26. The molecule has 2 fully saturated rings. The van der Waals surface area contributed by atoms with E-state index in [1.54, 1.807) is 24.4 Å². The maximum atomic E-state index is 13.2. The molecule has 0 aliphatic heterocycles. The van der Waals surface area contributed by atoms with E-state index in [1.807, 2.05) is 46.9 Å². The Hall–Kier alpha value is -3.80. The first kappa shape index (κ1) is 26.4. The zero-order valence-corrected chi connectivity index (χ0v) is 24.0. The van der Waals surface area contributed by atoms with E-state index in [0.29, 0.717) is 66.6 Å². The van der Waals surface area contributed by atoms with Crippen molar-refractivity contribution in [3.05, 3.63) is 84.1 Å². The molecule has 7 heteroatoms. The molecule has 7 rings (SSSR count). The van der Waals surface area contributed by atoms with Crippen LogP contribution in [0.15, 0.2) is 66.9 Å². The molecule has 2 aliphatic rings. The number of carbonyl (C=O) groups excluding carboxylic acids is 4. The van der Waals surface area contributed by atoms with E-state index in [9.17, 15) is 19.2 Å². The number of benzene rings is 3. The van der Waals surface area contributed by atoms with Crippen molar-refractivity contribution in [3.8, 4) is 11.3 Å². The Morgan fingerprint density at radius 3 is 1.90 bits per heavy atom. The number of para-hydroxylation sites is 1. The average molecular weight is 706 g/mol. The number of ketones is 4. The number of aromatic nitrogens is 2. The van der Waals surface area contributed by atoms with Crippen LogP contribution in [0.1, 0.15) is 61.5 Å². The molecule has 0 atom stereocenters. The number of carbonyl (C=O) groups is 4. The van der Waals surface area contributed by atoms with Gasteiger partial charge < -0.3 is 4.40 Å². The Morgan fingerprint density at radius 2 is 1.27 bits per heavy atom. The quantitative estimate of drug-likeness (QED) is 0.132. The molecule has 0 saturated heterocycles. The van der Waals surface area contributed by atoms with Crippen molar-refractivity contribution in [2.45, 2.75) is 50.4 Å². The molecular weight excluding hydrogens is 681 g/mol. The summed E-state index contributed by atoms with van der Waals surface area (Å²) in [6.45, 7) is 0. The number of rotatable bonds is 3. The van der Waals surface area contributed by atoms with E-state index >= 15 is 0 Å². The Bertz CT molecular complexity index is 1780. The fourth-order valence-electron chi connectivity index (χ4n) is 6.56. The molecule has 2 aliphatic carbocycles. The Kier molecular flexibility index (Phi) is 6.81. The van der Waals surface area contributed by atoms with Crippen LogP contribution < -0.4 is 0 Å². The van der Waals surface area contributed by atoms with E-state index in [0.717, 1.165) is 21.7 Å². The first-order valence-electron chi connectivity index (χ1n) is 13.5. The van der Waals surface area contributed by atoms with Crippen LogP contribution in [0.4, 0.5) is 0 Å². The number of pyridine rings is 1. The van der Waals surface area contributed by atoms with Crippen LogP contribution in [0, 0.1) is 6.07 Å². The molecule has 0 N–H and O–H groups in total. The Morgan fingerprint density at radius 1 is 0.700 bits per heavy atom. The first-order valence-corrected chi connectivity index (χ1v) is 13.5. The summed E-state index contributed by atoms with van der Waals surface area (Å²) < 4.78 is 2.02. The second-order valence-electron chi connectivity index (χ2n) is 10.5. The number of imidazole rings is 1. The van der Waals surface area contributed by atoms with Gasteiger partial charge in [-0.05, 0) is 35.4 Å². The molecule has 0 spiro atoms. The second-order valence-corrected chi connectivity index (χ2v) is 10.5. The molecule has 0 bridgehead atoms. The minimum Gasteiger partial charge on any atom is -0.333 e. The SMILES string of the molecule is O=C1CCCC(=O)C1c1cccc(C2C(=O)CCCC2=O)c1-c1cnc2c3[c-]cccc3c3ccccc3n12.[Ir]. The predicted octanol–water partition coefficient (Wildman–Crippen LogP) is 5.92. The summed E-state index contributed by atoms with van der Waals surface area (Å²) in [4.78, 5) is 57.7. The van der Waals surface area contributed by atoms with Crippen molar-refractivity contribution < 1.29 is 39.3 Å². The summed E-state index contributed by atoms with van der Waals surface area (Å²) in [5.41, 5.74) is 3.93. The predicted molar refractivity (Wildman–Crippen MR) is 148 cm³/mol. The van der Waals surface area contributed by atoms with Gasteiger partial charge in [0.2, 0.25) is 0 Å². The van der Waals surface area contributed by atoms with E-state index in [4.69, 9.17) is 4.98 Å². The maximum Gasteiger partial charge on any atom is 0.147 e.